The predicted octanol–water partition coefficient (Wildman–Crippen LogP) is 0.470. The maximum atomic E-state index is 11.6. The minimum absolute atomic E-state index is 0.206. The molecule has 0 aromatic heterocycles. The van der Waals surface area contributed by atoms with Crippen molar-refractivity contribution < 1.29 is 13.2 Å². The highest BCUT2D eigenvalue weighted by atomic mass is 32.2. The van der Waals surface area contributed by atoms with Crippen LogP contribution in [0.25, 0.3) is 0 Å². The lowest BCUT2D eigenvalue weighted by Crippen LogP contribution is -2.32. The van der Waals surface area contributed by atoms with Gasteiger partial charge in [0, 0.05) is 13.7 Å². The Morgan fingerprint density at radius 1 is 1.41 bits per heavy atom. The number of methoxy groups -OCH3 is 1. The van der Waals surface area contributed by atoms with E-state index in [0.717, 1.165) is 5.56 Å². The van der Waals surface area contributed by atoms with Gasteiger partial charge in [-0.2, -0.15) is 13.1 Å². The van der Waals surface area contributed by atoms with Gasteiger partial charge >= 0.3 is 0 Å². The van der Waals surface area contributed by atoms with Crippen molar-refractivity contribution in [3.8, 4) is 0 Å². The van der Waals surface area contributed by atoms with E-state index in [1.807, 2.05) is 13.0 Å². The monoisotopic (exact) mass is 259 g/mol. The van der Waals surface area contributed by atoms with Crippen LogP contribution in [0.2, 0.25) is 0 Å². The molecule has 17 heavy (non-hydrogen) atoms. The highest BCUT2D eigenvalue weighted by Gasteiger charge is 2.10. The number of aryl methyl sites for hydroxylation is 1. The van der Waals surface area contributed by atoms with Gasteiger partial charge in [0.15, 0.2) is 0 Å². The molecule has 0 heterocycles. The van der Waals surface area contributed by atoms with E-state index in [1.54, 1.807) is 12.1 Å². The van der Waals surface area contributed by atoms with Gasteiger partial charge in [-0.15, -0.1) is 0 Å². The Balaban J connectivity index is 2.72. The largest absolute Gasteiger partial charge is 0.397 e. The molecule has 0 aliphatic carbocycles. The van der Waals surface area contributed by atoms with E-state index in [4.69, 9.17) is 10.5 Å². The van der Waals surface area contributed by atoms with Gasteiger partial charge in [-0.3, -0.25) is 4.72 Å². The first-order valence-electron chi connectivity index (χ1n) is 5.07. The second kappa shape index (κ2) is 5.85. The summed E-state index contributed by atoms with van der Waals surface area (Å²) in [6, 6.07) is 5.14. The number of nitrogens with two attached hydrogens (primary N) is 1. The zero-order valence-corrected chi connectivity index (χ0v) is 10.7. The van der Waals surface area contributed by atoms with Gasteiger partial charge in [-0.25, -0.2) is 0 Å². The Morgan fingerprint density at radius 3 is 2.76 bits per heavy atom. The summed E-state index contributed by atoms with van der Waals surface area (Å²) < 4.78 is 32.7. The molecule has 0 unspecified atom stereocenters. The predicted molar refractivity (Wildman–Crippen MR) is 68.0 cm³/mol. The quantitative estimate of drug-likeness (QED) is 0.511. The van der Waals surface area contributed by atoms with Crippen LogP contribution in [0.5, 0.6) is 0 Å². The van der Waals surface area contributed by atoms with Crippen LogP contribution in [0.1, 0.15) is 5.56 Å². The van der Waals surface area contributed by atoms with Gasteiger partial charge in [0.2, 0.25) is 0 Å². The Bertz CT molecular complexity index is 474. The minimum Gasteiger partial charge on any atom is -0.397 e. The molecular formula is C10H17N3O3S. The molecule has 1 aromatic carbocycles. The summed E-state index contributed by atoms with van der Waals surface area (Å²) in [5.41, 5.74) is 7.35. The van der Waals surface area contributed by atoms with Crippen LogP contribution in [0.15, 0.2) is 18.2 Å². The lowest BCUT2D eigenvalue weighted by molar-refractivity contribution is 0.204. The Labute approximate surface area is 101 Å². The normalized spacial score (nSPS) is 11.4. The minimum atomic E-state index is -3.61. The lowest BCUT2D eigenvalue weighted by Gasteiger charge is -2.11. The maximum absolute atomic E-state index is 11.6. The molecule has 6 nitrogen and oxygen atoms in total. The smallest absolute Gasteiger partial charge is 0.299 e. The first-order valence-corrected chi connectivity index (χ1v) is 6.55. The molecule has 7 heteroatoms. The molecule has 0 aliphatic heterocycles. The van der Waals surface area contributed by atoms with E-state index in [0.29, 0.717) is 18.0 Å². The molecule has 0 amide bonds. The van der Waals surface area contributed by atoms with E-state index in [-0.39, 0.29) is 6.54 Å². The summed E-state index contributed by atoms with van der Waals surface area (Å²) in [7, 11) is -2.11. The molecule has 0 saturated carbocycles. The second-order valence-corrected chi connectivity index (χ2v) is 5.08. The maximum Gasteiger partial charge on any atom is 0.299 e. The molecule has 0 aliphatic rings. The summed E-state index contributed by atoms with van der Waals surface area (Å²) >= 11 is 0. The van der Waals surface area contributed by atoms with E-state index >= 15 is 0 Å². The fraction of sp³-hybridized carbons (Fsp3) is 0.400. The molecule has 96 valence electrons. The van der Waals surface area contributed by atoms with E-state index in [1.165, 1.54) is 7.11 Å². The average molecular weight is 259 g/mol. The molecule has 0 saturated heterocycles. The summed E-state index contributed by atoms with van der Waals surface area (Å²) in [5, 5.41) is 0. The fourth-order valence-electron chi connectivity index (χ4n) is 1.22. The summed E-state index contributed by atoms with van der Waals surface area (Å²) in [5.74, 6) is 0. The summed E-state index contributed by atoms with van der Waals surface area (Å²) in [4.78, 5) is 0. The second-order valence-electron chi connectivity index (χ2n) is 3.58. The zero-order chi connectivity index (χ0) is 12.9. The van der Waals surface area contributed by atoms with Crippen molar-refractivity contribution in [2.45, 2.75) is 6.92 Å². The van der Waals surface area contributed by atoms with E-state index < -0.39 is 10.2 Å². The molecular weight excluding hydrogens is 242 g/mol. The van der Waals surface area contributed by atoms with Gasteiger partial charge < -0.3 is 10.5 Å². The van der Waals surface area contributed by atoms with Crippen LogP contribution in [-0.4, -0.2) is 28.7 Å². The fourth-order valence-corrected chi connectivity index (χ4v) is 2.11. The number of rotatable bonds is 6. The number of hydrogen-bond donors (Lipinski definition) is 3. The van der Waals surface area contributed by atoms with Crippen LogP contribution >= 0.6 is 0 Å². The van der Waals surface area contributed by atoms with Gasteiger partial charge in [-0.1, -0.05) is 6.07 Å². The lowest BCUT2D eigenvalue weighted by atomic mass is 10.2. The molecule has 0 radical (unpaired) electrons. The van der Waals surface area contributed by atoms with Gasteiger partial charge in [0.1, 0.15) is 0 Å². The third-order valence-corrected chi connectivity index (χ3v) is 3.12. The number of ether oxygens (including phenoxy) is 1. The molecule has 4 N–H and O–H groups in total. The van der Waals surface area contributed by atoms with Crippen LogP contribution in [0, 0.1) is 6.92 Å². The first-order chi connectivity index (χ1) is 7.94. The van der Waals surface area contributed by atoms with Crippen LogP contribution < -0.4 is 15.2 Å². The van der Waals surface area contributed by atoms with Gasteiger partial charge in [0.05, 0.1) is 18.0 Å². The number of benzene rings is 1. The van der Waals surface area contributed by atoms with Gasteiger partial charge in [0.25, 0.3) is 10.2 Å². The van der Waals surface area contributed by atoms with Crippen molar-refractivity contribution in [1.29, 1.82) is 0 Å². The molecule has 0 spiro atoms. The highest BCUT2D eigenvalue weighted by Crippen LogP contribution is 2.20. The van der Waals surface area contributed by atoms with E-state index in [9.17, 15) is 8.42 Å². The Kier molecular flexibility index (Phi) is 4.73. The van der Waals surface area contributed by atoms with Gasteiger partial charge in [-0.05, 0) is 24.6 Å². The first kappa shape index (κ1) is 13.8. The number of hydrogen-bond acceptors (Lipinski definition) is 4. The topological polar surface area (TPSA) is 93.4 Å². The summed E-state index contributed by atoms with van der Waals surface area (Å²) in [6.45, 7) is 2.37. The summed E-state index contributed by atoms with van der Waals surface area (Å²) in [6.07, 6.45) is 0. The molecule has 0 atom stereocenters. The van der Waals surface area contributed by atoms with Crippen LogP contribution in [0.3, 0.4) is 0 Å². The molecule has 1 rings (SSSR count). The van der Waals surface area contributed by atoms with Crippen LogP contribution in [-0.2, 0) is 14.9 Å². The SMILES string of the molecule is COCCNS(=O)(=O)Nc1cc(C)ccc1N. The number of nitrogens with one attached hydrogen (secondary N) is 2. The van der Waals surface area contributed by atoms with Crippen molar-refractivity contribution in [2.24, 2.45) is 0 Å². The zero-order valence-electron chi connectivity index (χ0n) is 9.86. The van der Waals surface area contributed by atoms with Crippen molar-refractivity contribution in [3.05, 3.63) is 23.8 Å². The van der Waals surface area contributed by atoms with Crippen molar-refractivity contribution in [3.63, 3.8) is 0 Å². The third kappa shape index (κ3) is 4.59. The third-order valence-electron chi connectivity index (χ3n) is 2.05. The standard InChI is InChI=1S/C10H17N3O3S/c1-8-3-4-9(11)10(7-8)13-17(14,15)12-5-6-16-2/h3-4,7,12-13H,5-6,11H2,1-2H3. The van der Waals surface area contributed by atoms with Crippen molar-refractivity contribution >= 4 is 21.6 Å². The molecule has 0 fully saturated rings. The molecule has 0 bridgehead atoms. The van der Waals surface area contributed by atoms with E-state index in [2.05, 4.69) is 9.44 Å². The Hall–Kier alpha value is -1.31. The molecule has 1 aromatic rings. The number of nitrogen functional groups attached to an aromatic ring is 1. The van der Waals surface area contributed by atoms with Crippen LogP contribution in [0.4, 0.5) is 11.4 Å². The highest BCUT2D eigenvalue weighted by molar-refractivity contribution is 7.90. The number of anilines is 2. The average Bonchev–Trinajstić information content (AvgIpc) is 2.23. The Morgan fingerprint density at radius 2 is 2.12 bits per heavy atom. The van der Waals surface area contributed by atoms with Crippen molar-refractivity contribution in [1.82, 2.24) is 4.72 Å². The van der Waals surface area contributed by atoms with Crippen molar-refractivity contribution in [2.75, 3.05) is 30.7 Å².